The Morgan fingerprint density at radius 2 is 1.53 bits per heavy atom. The van der Waals surface area contributed by atoms with E-state index in [1.54, 1.807) is 48.5 Å². The van der Waals surface area contributed by atoms with Crippen molar-refractivity contribution in [2.75, 3.05) is 0 Å². The first kappa shape index (κ1) is 31.0. The van der Waals surface area contributed by atoms with Crippen molar-refractivity contribution >= 4 is 32.4 Å². The highest BCUT2D eigenvalue weighted by atomic mass is 32.2. The van der Waals surface area contributed by atoms with Crippen LogP contribution in [0.1, 0.15) is 34.8 Å². The molecule has 0 aliphatic heterocycles. The largest absolute Gasteiger partial charge is 0.295 e. The Hall–Kier alpha value is -5.97. The van der Waals surface area contributed by atoms with E-state index in [9.17, 15) is 31.6 Å². The van der Waals surface area contributed by atoms with Gasteiger partial charge in [-0.15, -0.1) is 0 Å². The number of carbonyl (C=O) groups excluding carboxylic acids is 1. The average molecular weight is 646 g/mol. The molecule has 0 saturated carbocycles. The smallest absolute Gasteiger partial charge is 0.268 e. The SMILES string of the molecule is [C-]#[N+]c1cccc(C#N)c1-c1c(-c2cccc(-c3ccc(C(C)=O)cc3)c2)n(S(=O)(=O)c2ccc(C(F)F)cc2)c2ccc(F)cc12. The van der Waals surface area contributed by atoms with Gasteiger partial charge in [0, 0.05) is 38.8 Å². The van der Waals surface area contributed by atoms with Gasteiger partial charge >= 0.3 is 0 Å². The molecule has 1 heterocycles. The third-order valence-corrected chi connectivity index (χ3v) is 9.58. The molecule has 1 aromatic heterocycles. The van der Waals surface area contributed by atoms with E-state index in [0.29, 0.717) is 16.7 Å². The predicted molar refractivity (Wildman–Crippen MR) is 173 cm³/mol. The van der Waals surface area contributed by atoms with Crippen LogP contribution >= 0.6 is 0 Å². The van der Waals surface area contributed by atoms with Crippen molar-refractivity contribution in [2.24, 2.45) is 0 Å². The van der Waals surface area contributed by atoms with Crippen molar-refractivity contribution in [3.63, 3.8) is 0 Å². The first-order valence-corrected chi connectivity index (χ1v) is 15.6. The molecule has 0 radical (unpaired) electrons. The number of ketones is 1. The van der Waals surface area contributed by atoms with Crippen molar-refractivity contribution in [1.29, 1.82) is 5.26 Å². The number of carbonyl (C=O) groups is 1. The molecular weight excluding hydrogens is 623 g/mol. The standard InChI is InChI=1S/C37H22F3N3O3S/c1-22(44)23-9-11-24(12-10-23)26-5-3-6-27(19-26)36-35(34-28(21-41)7-4-8-32(34)42-2)31-20-29(38)15-18-33(31)43(36)47(45,46)30-16-13-25(14-17-30)37(39)40/h3-20,37H,1H3. The van der Waals surface area contributed by atoms with E-state index >= 15 is 0 Å². The van der Waals surface area contributed by atoms with E-state index in [1.165, 1.54) is 31.2 Å². The van der Waals surface area contributed by atoms with Gasteiger partial charge in [0.05, 0.1) is 28.7 Å². The van der Waals surface area contributed by atoms with E-state index in [2.05, 4.69) is 10.9 Å². The Morgan fingerprint density at radius 1 is 0.851 bits per heavy atom. The molecule has 0 fully saturated rings. The fraction of sp³-hybridized carbons (Fsp3) is 0.0541. The van der Waals surface area contributed by atoms with Crippen molar-refractivity contribution in [1.82, 2.24) is 3.97 Å². The van der Waals surface area contributed by atoms with Crippen LogP contribution in [0.5, 0.6) is 0 Å². The number of hydrogen-bond acceptors (Lipinski definition) is 4. The number of hydrogen-bond donors (Lipinski definition) is 0. The van der Waals surface area contributed by atoms with Crippen LogP contribution < -0.4 is 0 Å². The maximum absolute atomic E-state index is 15.0. The molecule has 0 bridgehead atoms. The topological polar surface area (TPSA) is 84.3 Å². The third-order valence-electron chi connectivity index (χ3n) is 7.85. The summed E-state index contributed by atoms with van der Waals surface area (Å²) >= 11 is 0. The molecule has 0 unspecified atom stereocenters. The third kappa shape index (κ3) is 5.45. The maximum Gasteiger partial charge on any atom is 0.268 e. The van der Waals surface area contributed by atoms with E-state index in [1.807, 2.05) is 0 Å². The highest BCUT2D eigenvalue weighted by Gasteiger charge is 2.31. The van der Waals surface area contributed by atoms with E-state index in [0.717, 1.165) is 45.9 Å². The summed E-state index contributed by atoms with van der Waals surface area (Å²) in [5, 5.41) is 10.2. The molecule has 6 nitrogen and oxygen atoms in total. The zero-order valence-corrected chi connectivity index (χ0v) is 25.4. The van der Waals surface area contributed by atoms with Gasteiger partial charge < -0.3 is 0 Å². The van der Waals surface area contributed by atoms with Crippen molar-refractivity contribution in [3.05, 3.63) is 143 Å². The van der Waals surface area contributed by atoms with Gasteiger partial charge in [-0.2, -0.15) is 5.26 Å². The van der Waals surface area contributed by atoms with Crippen LogP contribution in [0.2, 0.25) is 0 Å². The van der Waals surface area contributed by atoms with Crippen molar-refractivity contribution in [3.8, 4) is 39.6 Å². The summed E-state index contributed by atoms with van der Waals surface area (Å²) in [6, 6.07) is 28.1. The molecule has 0 aliphatic rings. The second-order valence-electron chi connectivity index (χ2n) is 10.7. The molecule has 6 rings (SSSR count). The fourth-order valence-electron chi connectivity index (χ4n) is 5.62. The molecule has 0 amide bonds. The van der Waals surface area contributed by atoms with Crippen molar-refractivity contribution in [2.45, 2.75) is 18.2 Å². The number of nitriles is 1. The van der Waals surface area contributed by atoms with Crippen molar-refractivity contribution < 1.29 is 26.4 Å². The monoisotopic (exact) mass is 645 g/mol. The van der Waals surface area contributed by atoms with Gasteiger partial charge in [-0.05, 0) is 60.5 Å². The number of aromatic nitrogens is 1. The van der Waals surface area contributed by atoms with Crippen LogP contribution in [-0.2, 0) is 10.0 Å². The van der Waals surface area contributed by atoms with Gasteiger partial charge in [0.1, 0.15) is 5.82 Å². The quantitative estimate of drug-likeness (QED) is 0.128. The zero-order valence-electron chi connectivity index (χ0n) is 24.6. The minimum atomic E-state index is -4.57. The normalized spacial score (nSPS) is 11.4. The lowest BCUT2D eigenvalue weighted by Gasteiger charge is -2.16. The van der Waals surface area contributed by atoms with Crippen LogP contribution in [0.4, 0.5) is 18.9 Å². The Balaban J connectivity index is 1.75. The molecule has 0 saturated heterocycles. The molecule has 6 aromatic rings. The number of alkyl halides is 2. The van der Waals surface area contributed by atoms with Crippen LogP contribution in [0.25, 0.3) is 49.3 Å². The minimum absolute atomic E-state index is 0.0401. The Bertz CT molecular complexity index is 2370. The van der Waals surface area contributed by atoms with Gasteiger partial charge in [0.25, 0.3) is 16.4 Å². The number of fused-ring (bicyclic) bond motifs is 1. The Morgan fingerprint density at radius 3 is 2.17 bits per heavy atom. The summed E-state index contributed by atoms with van der Waals surface area (Å²) in [5.41, 5.74) is 2.33. The Labute approximate surface area is 268 Å². The van der Waals surface area contributed by atoms with E-state index in [-0.39, 0.29) is 55.2 Å². The summed E-state index contributed by atoms with van der Waals surface area (Å²) in [5.74, 6) is -0.788. The zero-order chi connectivity index (χ0) is 33.5. The lowest BCUT2D eigenvalue weighted by atomic mass is 9.92. The first-order chi connectivity index (χ1) is 22.5. The minimum Gasteiger partial charge on any atom is -0.295 e. The van der Waals surface area contributed by atoms with Gasteiger partial charge in [-0.25, -0.2) is 30.4 Å². The van der Waals surface area contributed by atoms with Crippen LogP contribution in [-0.4, -0.2) is 18.2 Å². The van der Waals surface area contributed by atoms with Gasteiger partial charge in [0.15, 0.2) is 11.5 Å². The molecule has 47 heavy (non-hydrogen) atoms. The molecule has 0 aliphatic carbocycles. The first-order valence-electron chi connectivity index (χ1n) is 14.2. The molecule has 0 N–H and O–H groups in total. The number of halogens is 3. The Kier molecular flexibility index (Phi) is 7.98. The molecule has 0 atom stereocenters. The average Bonchev–Trinajstić information content (AvgIpc) is 3.42. The van der Waals surface area contributed by atoms with E-state index < -0.39 is 22.3 Å². The predicted octanol–water partition coefficient (Wildman–Crippen LogP) is 9.58. The summed E-state index contributed by atoms with van der Waals surface area (Å²) in [6.07, 6.45) is -2.81. The lowest BCUT2D eigenvalue weighted by molar-refractivity contribution is 0.101. The highest BCUT2D eigenvalue weighted by molar-refractivity contribution is 7.90. The van der Waals surface area contributed by atoms with E-state index in [4.69, 9.17) is 6.57 Å². The fourth-order valence-corrected chi connectivity index (χ4v) is 7.17. The molecular formula is C37H22F3N3O3S. The number of nitrogens with zero attached hydrogens (tertiary/aromatic N) is 3. The second kappa shape index (κ2) is 12.1. The van der Waals surface area contributed by atoms with Gasteiger partial charge in [0.2, 0.25) is 0 Å². The summed E-state index contributed by atoms with van der Waals surface area (Å²) < 4.78 is 71.8. The maximum atomic E-state index is 15.0. The van der Waals surface area contributed by atoms with Crippen LogP contribution in [0.15, 0.2) is 114 Å². The van der Waals surface area contributed by atoms with Gasteiger partial charge in [-0.1, -0.05) is 66.7 Å². The highest BCUT2D eigenvalue weighted by Crippen LogP contribution is 2.48. The second-order valence-corrected chi connectivity index (χ2v) is 12.4. The number of rotatable bonds is 7. The number of Topliss-reactive ketones (excluding diaryl/α,β-unsaturated/α-hetero) is 1. The molecule has 230 valence electrons. The van der Waals surface area contributed by atoms with Crippen LogP contribution in [0.3, 0.4) is 0 Å². The van der Waals surface area contributed by atoms with Gasteiger partial charge in [-0.3, -0.25) is 4.79 Å². The summed E-state index contributed by atoms with van der Waals surface area (Å²) in [7, 11) is -4.57. The molecule has 5 aromatic carbocycles. The summed E-state index contributed by atoms with van der Waals surface area (Å²) in [4.78, 5) is 15.2. The lowest BCUT2D eigenvalue weighted by Crippen LogP contribution is -2.14. The number of benzene rings is 5. The van der Waals surface area contributed by atoms with Crippen LogP contribution in [0, 0.1) is 23.7 Å². The summed E-state index contributed by atoms with van der Waals surface area (Å²) in [6.45, 7) is 9.33. The molecule has 0 spiro atoms. The molecule has 10 heteroatoms.